The van der Waals surface area contributed by atoms with Crippen LogP contribution in [0.1, 0.15) is 17.9 Å². The monoisotopic (exact) mass is 195 g/mol. The number of rotatable bonds is 2. The van der Waals surface area contributed by atoms with Crippen molar-refractivity contribution in [3.8, 4) is 0 Å². The second-order valence-corrected chi connectivity index (χ2v) is 4.13. The lowest BCUT2D eigenvalue weighted by molar-refractivity contribution is 0.289. The topological polar surface area (TPSA) is 55.3 Å². The molecular weight excluding hydrogens is 178 g/mol. The number of nitrogens with zero attached hydrogens (tertiary/aromatic N) is 2. The molecule has 2 N–H and O–H groups in total. The standard InChI is InChI=1S/C10H17N3O/c1-7-5-8(12-14-7)6-10-9(11)3-4-13(10)2/h5,9-10H,3-4,6,11H2,1-2H3. The summed E-state index contributed by atoms with van der Waals surface area (Å²) >= 11 is 0. The molecule has 2 rings (SSSR count). The van der Waals surface area contributed by atoms with Crippen molar-refractivity contribution in [2.45, 2.75) is 31.8 Å². The molecular formula is C10H17N3O. The van der Waals surface area contributed by atoms with Crippen molar-refractivity contribution in [1.29, 1.82) is 0 Å². The van der Waals surface area contributed by atoms with Crippen molar-refractivity contribution in [3.63, 3.8) is 0 Å². The van der Waals surface area contributed by atoms with Crippen LogP contribution >= 0.6 is 0 Å². The van der Waals surface area contributed by atoms with E-state index < -0.39 is 0 Å². The first-order chi connectivity index (χ1) is 6.66. The molecule has 1 saturated heterocycles. The van der Waals surface area contributed by atoms with Crippen LogP contribution in [0.5, 0.6) is 0 Å². The van der Waals surface area contributed by atoms with E-state index in [9.17, 15) is 0 Å². The molecule has 1 aliphatic rings. The highest BCUT2D eigenvalue weighted by atomic mass is 16.5. The highest BCUT2D eigenvalue weighted by Crippen LogP contribution is 2.18. The van der Waals surface area contributed by atoms with E-state index in [-0.39, 0.29) is 6.04 Å². The number of nitrogens with two attached hydrogens (primary N) is 1. The Balaban J connectivity index is 2.03. The first kappa shape index (κ1) is 9.68. The van der Waals surface area contributed by atoms with Gasteiger partial charge in [0.2, 0.25) is 0 Å². The van der Waals surface area contributed by atoms with E-state index >= 15 is 0 Å². The van der Waals surface area contributed by atoms with E-state index in [1.807, 2.05) is 13.0 Å². The minimum atomic E-state index is 0.275. The Morgan fingerprint density at radius 1 is 1.71 bits per heavy atom. The Morgan fingerprint density at radius 3 is 3.00 bits per heavy atom. The summed E-state index contributed by atoms with van der Waals surface area (Å²) in [4.78, 5) is 2.30. The normalized spacial score (nSPS) is 28.5. The van der Waals surface area contributed by atoms with Gasteiger partial charge >= 0.3 is 0 Å². The zero-order chi connectivity index (χ0) is 10.1. The lowest BCUT2D eigenvalue weighted by atomic mass is 10.1. The quantitative estimate of drug-likeness (QED) is 0.749. The molecule has 2 unspecified atom stereocenters. The third kappa shape index (κ3) is 1.81. The predicted octanol–water partition coefficient (Wildman–Crippen LogP) is 0.557. The summed E-state index contributed by atoms with van der Waals surface area (Å²) in [6.07, 6.45) is 1.98. The fraction of sp³-hybridized carbons (Fsp3) is 0.700. The molecule has 78 valence electrons. The molecule has 1 aliphatic heterocycles. The summed E-state index contributed by atoms with van der Waals surface area (Å²) in [6, 6.07) is 2.68. The highest BCUT2D eigenvalue weighted by Gasteiger charge is 2.29. The molecule has 1 fully saturated rings. The zero-order valence-electron chi connectivity index (χ0n) is 8.73. The lowest BCUT2D eigenvalue weighted by Crippen LogP contribution is -2.39. The van der Waals surface area contributed by atoms with Crippen LogP contribution in [0.25, 0.3) is 0 Å². The van der Waals surface area contributed by atoms with Gasteiger partial charge in [-0.15, -0.1) is 0 Å². The molecule has 0 spiro atoms. The van der Waals surface area contributed by atoms with E-state index in [4.69, 9.17) is 10.3 Å². The molecule has 0 aliphatic carbocycles. The van der Waals surface area contributed by atoms with Crippen LogP contribution in [0.15, 0.2) is 10.6 Å². The Labute approximate surface area is 84.0 Å². The minimum absolute atomic E-state index is 0.275. The van der Waals surface area contributed by atoms with E-state index in [2.05, 4.69) is 17.1 Å². The number of likely N-dealkylation sites (tertiary alicyclic amines) is 1. The molecule has 0 radical (unpaired) electrons. The number of aromatic nitrogens is 1. The molecule has 0 saturated carbocycles. The minimum Gasteiger partial charge on any atom is -0.361 e. The van der Waals surface area contributed by atoms with Crippen molar-refractivity contribution in [2.75, 3.05) is 13.6 Å². The van der Waals surface area contributed by atoms with E-state index in [1.165, 1.54) is 0 Å². The smallest absolute Gasteiger partial charge is 0.133 e. The first-order valence-corrected chi connectivity index (χ1v) is 5.05. The molecule has 0 bridgehead atoms. The maximum atomic E-state index is 6.02. The Morgan fingerprint density at radius 2 is 2.50 bits per heavy atom. The number of likely N-dealkylation sites (N-methyl/N-ethyl adjacent to an activating group) is 1. The summed E-state index contributed by atoms with van der Waals surface area (Å²) < 4.78 is 5.04. The average Bonchev–Trinajstić information content (AvgIpc) is 2.67. The maximum absolute atomic E-state index is 6.02. The summed E-state index contributed by atoms with van der Waals surface area (Å²) in [5.74, 6) is 0.870. The van der Waals surface area contributed by atoms with Gasteiger partial charge in [0, 0.05) is 24.6 Å². The number of hydrogen-bond donors (Lipinski definition) is 1. The average molecular weight is 195 g/mol. The molecule has 0 amide bonds. The molecule has 2 heterocycles. The van der Waals surface area contributed by atoms with Crippen LogP contribution in [0.2, 0.25) is 0 Å². The van der Waals surface area contributed by atoms with Gasteiger partial charge in [-0.2, -0.15) is 0 Å². The van der Waals surface area contributed by atoms with Crippen LogP contribution in [0.4, 0.5) is 0 Å². The third-order valence-corrected chi connectivity index (χ3v) is 2.97. The third-order valence-electron chi connectivity index (χ3n) is 2.97. The van der Waals surface area contributed by atoms with Gasteiger partial charge in [-0.05, 0) is 26.9 Å². The molecule has 4 heteroatoms. The number of aryl methyl sites for hydroxylation is 1. The number of hydrogen-bond acceptors (Lipinski definition) is 4. The van der Waals surface area contributed by atoms with Gasteiger partial charge in [0.05, 0.1) is 5.69 Å². The van der Waals surface area contributed by atoms with Gasteiger partial charge < -0.3 is 15.2 Å². The Kier molecular flexibility index (Phi) is 2.56. The van der Waals surface area contributed by atoms with Gasteiger partial charge in [0.1, 0.15) is 5.76 Å². The van der Waals surface area contributed by atoms with Gasteiger partial charge in [0.15, 0.2) is 0 Å². The molecule has 1 aromatic rings. The summed E-state index contributed by atoms with van der Waals surface area (Å²) in [7, 11) is 2.12. The van der Waals surface area contributed by atoms with Crippen LogP contribution in [-0.4, -0.2) is 35.7 Å². The van der Waals surface area contributed by atoms with Crippen molar-refractivity contribution >= 4 is 0 Å². The van der Waals surface area contributed by atoms with Crippen LogP contribution in [0, 0.1) is 6.92 Å². The fourth-order valence-corrected chi connectivity index (χ4v) is 2.07. The molecule has 1 aromatic heterocycles. The lowest BCUT2D eigenvalue weighted by Gasteiger charge is -2.21. The van der Waals surface area contributed by atoms with Crippen molar-refractivity contribution in [1.82, 2.24) is 10.1 Å². The Bertz CT molecular complexity index is 300. The van der Waals surface area contributed by atoms with Gasteiger partial charge in [-0.25, -0.2) is 0 Å². The van der Waals surface area contributed by atoms with E-state index in [0.29, 0.717) is 6.04 Å². The first-order valence-electron chi connectivity index (χ1n) is 5.05. The van der Waals surface area contributed by atoms with E-state index in [1.54, 1.807) is 0 Å². The van der Waals surface area contributed by atoms with Crippen molar-refractivity contribution in [2.24, 2.45) is 5.73 Å². The van der Waals surface area contributed by atoms with Crippen LogP contribution < -0.4 is 5.73 Å². The van der Waals surface area contributed by atoms with E-state index in [0.717, 1.165) is 30.8 Å². The van der Waals surface area contributed by atoms with Gasteiger partial charge in [-0.3, -0.25) is 0 Å². The van der Waals surface area contributed by atoms with Crippen molar-refractivity contribution in [3.05, 3.63) is 17.5 Å². The summed E-state index contributed by atoms with van der Waals surface area (Å²) in [5.41, 5.74) is 7.03. The summed E-state index contributed by atoms with van der Waals surface area (Å²) in [6.45, 7) is 3.00. The van der Waals surface area contributed by atoms with Gasteiger partial charge in [-0.1, -0.05) is 5.16 Å². The maximum Gasteiger partial charge on any atom is 0.133 e. The van der Waals surface area contributed by atoms with Crippen LogP contribution in [-0.2, 0) is 6.42 Å². The van der Waals surface area contributed by atoms with Crippen molar-refractivity contribution < 1.29 is 4.52 Å². The Hall–Kier alpha value is -0.870. The second kappa shape index (κ2) is 3.71. The largest absolute Gasteiger partial charge is 0.361 e. The predicted molar refractivity (Wildman–Crippen MR) is 54.0 cm³/mol. The molecule has 2 atom stereocenters. The molecule has 4 nitrogen and oxygen atoms in total. The second-order valence-electron chi connectivity index (χ2n) is 4.13. The molecule has 0 aromatic carbocycles. The summed E-state index contributed by atoms with van der Waals surface area (Å²) in [5, 5.41) is 3.99. The fourth-order valence-electron chi connectivity index (χ4n) is 2.07. The molecule has 14 heavy (non-hydrogen) atoms. The SMILES string of the molecule is Cc1cc(CC2C(N)CCN2C)no1. The zero-order valence-corrected chi connectivity index (χ0v) is 8.73. The highest BCUT2D eigenvalue weighted by molar-refractivity contribution is 5.07. The van der Waals surface area contributed by atoms with Gasteiger partial charge in [0.25, 0.3) is 0 Å². The van der Waals surface area contributed by atoms with Crippen LogP contribution in [0.3, 0.4) is 0 Å².